The second kappa shape index (κ2) is 8.00. The maximum atomic E-state index is 13.1. The van der Waals surface area contributed by atoms with E-state index in [1.54, 1.807) is 17.0 Å². The van der Waals surface area contributed by atoms with Gasteiger partial charge >= 0.3 is 6.01 Å². The van der Waals surface area contributed by atoms with E-state index in [-0.39, 0.29) is 23.5 Å². The summed E-state index contributed by atoms with van der Waals surface area (Å²) in [5.74, 6) is 1.10. The maximum absolute atomic E-state index is 13.1. The molecule has 0 fully saturated rings. The van der Waals surface area contributed by atoms with E-state index in [1.165, 1.54) is 22.0 Å². The molecule has 9 nitrogen and oxygen atoms in total. The van der Waals surface area contributed by atoms with Crippen LogP contribution in [0.3, 0.4) is 0 Å². The van der Waals surface area contributed by atoms with E-state index in [4.69, 9.17) is 4.42 Å². The minimum atomic E-state index is -0.230. The molecule has 4 heterocycles. The van der Waals surface area contributed by atoms with Gasteiger partial charge in [0.25, 0.3) is 5.56 Å². The van der Waals surface area contributed by atoms with Gasteiger partial charge in [0.2, 0.25) is 5.95 Å². The summed E-state index contributed by atoms with van der Waals surface area (Å²) in [5.41, 5.74) is 3.47. The molecule has 5 rings (SSSR count). The van der Waals surface area contributed by atoms with Crippen LogP contribution in [-0.4, -0.2) is 30.9 Å². The summed E-state index contributed by atoms with van der Waals surface area (Å²) in [4.78, 5) is 26.6. The van der Waals surface area contributed by atoms with E-state index >= 15 is 0 Å². The van der Waals surface area contributed by atoms with Crippen LogP contribution in [0.25, 0.3) is 17.0 Å². The topological polar surface area (TPSA) is 103 Å². The van der Waals surface area contributed by atoms with Crippen LogP contribution in [0.15, 0.2) is 52.5 Å². The van der Waals surface area contributed by atoms with E-state index in [2.05, 4.69) is 44.3 Å². The monoisotopic (exact) mass is 445 g/mol. The van der Waals surface area contributed by atoms with Gasteiger partial charge in [-0.25, -0.2) is 9.67 Å². The van der Waals surface area contributed by atoms with E-state index in [9.17, 15) is 4.79 Å². The minimum Gasteiger partial charge on any atom is -0.427 e. The molecule has 170 valence electrons. The normalized spacial score (nSPS) is 13.8. The van der Waals surface area contributed by atoms with Crippen LogP contribution in [0, 0.1) is 0 Å². The summed E-state index contributed by atoms with van der Waals surface area (Å²) >= 11 is 0. The predicted octanol–water partition coefficient (Wildman–Crippen LogP) is 3.44. The molecule has 33 heavy (non-hydrogen) atoms. The number of benzene rings is 1. The van der Waals surface area contributed by atoms with Crippen molar-refractivity contribution in [1.29, 1.82) is 0 Å². The summed E-state index contributed by atoms with van der Waals surface area (Å²) in [6.07, 6.45) is 5.90. The smallest absolute Gasteiger partial charge is 0.323 e. The summed E-state index contributed by atoms with van der Waals surface area (Å²) in [6.45, 7) is 12.0. The standard InChI is InChI=1S/C24H27N7O2/c1-5-10-30-21(32)18-13-26-22(28-17-7-6-15-8-9-25-12-16(15)11-17)29-20(18)31(30)23-27-14-19(33-23)24(2,3)4/h5-7,11,13-14,25H,1,8-10,12H2,2-4H3,(H,26,28,29). The molecule has 0 bridgehead atoms. The van der Waals surface area contributed by atoms with Crippen LogP contribution in [-0.2, 0) is 24.9 Å². The Kier molecular flexibility index (Phi) is 5.13. The maximum Gasteiger partial charge on any atom is 0.323 e. The van der Waals surface area contributed by atoms with Gasteiger partial charge < -0.3 is 15.1 Å². The highest BCUT2D eigenvalue weighted by molar-refractivity contribution is 5.76. The molecule has 1 aliphatic rings. The van der Waals surface area contributed by atoms with Crippen LogP contribution < -0.4 is 16.2 Å². The van der Waals surface area contributed by atoms with E-state index in [1.807, 2.05) is 26.8 Å². The van der Waals surface area contributed by atoms with Gasteiger partial charge in [-0.3, -0.25) is 4.79 Å². The molecule has 0 amide bonds. The van der Waals surface area contributed by atoms with Crippen molar-refractivity contribution in [2.45, 2.75) is 45.7 Å². The first-order valence-electron chi connectivity index (χ1n) is 11.0. The molecular formula is C24H27N7O2. The fourth-order valence-electron chi connectivity index (χ4n) is 3.97. The first-order chi connectivity index (χ1) is 15.8. The molecule has 0 spiro atoms. The van der Waals surface area contributed by atoms with Crippen LogP contribution in [0.5, 0.6) is 0 Å². The lowest BCUT2D eigenvalue weighted by molar-refractivity contribution is 0.383. The number of aromatic nitrogens is 5. The molecule has 0 aliphatic carbocycles. The minimum absolute atomic E-state index is 0.221. The summed E-state index contributed by atoms with van der Waals surface area (Å²) in [5, 5.41) is 7.04. The molecule has 0 radical (unpaired) electrons. The van der Waals surface area contributed by atoms with Crippen molar-refractivity contribution in [1.82, 2.24) is 29.6 Å². The molecular weight excluding hydrogens is 418 g/mol. The first-order valence-corrected chi connectivity index (χ1v) is 11.0. The van der Waals surface area contributed by atoms with Crippen LogP contribution in [0.4, 0.5) is 11.6 Å². The van der Waals surface area contributed by atoms with Crippen LogP contribution in [0.1, 0.15) is 37.7 Å². The highest BCUT2D eigenvalue weighted by Crippen LogP contribution is 2.26. The number of nitrogens with zero attached hydrogens (tertiary/aromatic N) is 5. The zero-order valence-corrected chi connectivity index (χ0v) is 19.1. The van der Waals surface area contributed by atoms with Gasteiger partial charge in [0.05, 0.1) is 12.7 Å². The lowest BCUT2D eigenvalue weighted by atomic mass is 9.94. The van der Waals surface area contributed by atoms with Crippen LogP contribution >= 0.6 is 0 Å². The number of allylic oxidation sites excluding steroid dienone is 1. The molecule has 3 aromatic heterocycles. The molecule has 0 saturated heterocycles. The third-order valence-corrected chi connectivity index (χ3v) is 5.74. The zero-order chi connectivity index (χ0) is 23.2. The third kappa shape index (κ3) is 3.84. The van der Waals surface area contributed by atoms with Crippen molar-refractivity contribution in [3.63, 3.8) is 0 Å². The Morgan fingerprint density at radius 3 is 2.85 bits per heavy atom. The summed E-state index contributed by atoms with van der Waals surface area (Å²) in [6, 6.07) is 6.54. The number of hydrogen-bond acceptors (Lipinski definition) is 7. The highest BCUT2D eigenvalue weighted by atomic mass is 16.4. The number of anilines is 2. The number of rotatable bonds is 5. The third-order valence-electron chi connectivity index (χ3n) is 5.74. The van der Waals surface area contributed by atoms with Crippen LogP contribution in [0.2, 0.25) is 0 Å². The zero-order valence-electron chi connectivity index (χ0n) is 19.1. The fraction of sp³-hybridized carbons (Fsp3) is 0.333. The van der Waals surface area contributed by atoms with Gasteiger partial charge in [0, 0.05) is 23.8 Å². The van der Waals surface area contributed by atoms with Gasteiger partial charge in [-0.05, 0) is 36.2 Å². The molecule has 0 unspecified atom stereocenters. The van der Waals surface area contributed by atoms with Gasteiger partial charge in [-0.2, -0.15) is 14.6 Å². The predicted molar refractivity (Wildman–Crippen MR) is 127 cm³/mol. The Morgan fingerprint density at radius 1 is 1.24 bits per heavy atom. The number of fused-ring (bicyclic) bond motifs is 2. The van der Waals surface area contributed by atoms with Crippen molar-refractivity contribution >= 4 is 22.7 Å². The van der Waals surface area contributed by atoms with Gasteiger partial charge in [0.15, 0.2) is 5.65 Å². The Morgan fingerprint density at radius 2 is 2.09 bits per heavy atom. The molecule has 4 aromatic rings. The second-order valence-corrected chi connectivity index (χ2v) is 9.21. The lowest BCUT2D eigenvalue weighted by Crippen LogP contribution is -2.23. The van der Waals surface area contributed by atoms with Crippen molar-refractivity contribution in [3.05, 3.63) is 70.5 Å². The van der Waals surface area contributed by atoms with Gasteiger partial charge in [-0.1, -0.05) is 32.9 Å². The molecule has 0 atom stereocenters. The molecule has 9 heteroatoms. The second-order valence-electron chi connectivity index (χ2n) is 9.21. The van der Waals surface area contributed by atoms with Gasteiger partial charge in [0.1, 0.15) is 11.1 Å². The van der Waals surface area contributed by atoms with Crippen molar-refractivity contribution in [2.75, 3.05) is 11.9 Å². The van der Waals surface area contributed by atoms with Crippen molar-refractivity contribution in [2.24, 2.45) is 0 Å². The largest absolute Gasteiger partial charge is 0.427 e. The summed E-state index contributed by atoms with van der Waals surface area (Å²) < 4.78 is 9.13. The Balaban J connectivity index is 1.59. The molecule has 0 saturated carbocycles. The first kappa shape index (κ1) is 21.1. The molecule has 1 aliphatic heterocycles. The lowest BCUT2D eigenvalue weighted by Gasteiger charge is -2.18. The Labute approximate surface area is 191 Å². The Bertz CT molecular complexity index is 1400. The summed E-state index contributed by atoms with van der Waals surface area (Å²) in [7, 11) is 0. The Hall–Kier alpha value is -3.72. The van der Waals surface area contributed by atoms with E-state index < -0.39 is 0 Å². The van der Waals surface area contributed by atoms with Crippen molar-refractivity contribution in [3.8, 4) is 6.01 Å². The van der Waals surface area contributed by atoms with Gasteiger partial charge in [-0.15, -0.1) is 6.58 Å². The average molecular weight is 446 g/mol. The highest BCUT2D eigenvalue weighted by Gasteiger charge is 2.24. The number of nitrogens with one attached hydrogen (secondary N) is 2. The quantitative estimate of drug-likeness (QED) is 0.454. The van der Waals surface area contributed by atoms with E-state index in [0.717, 1.165) is 25.2 Å². The number of oxazole rings is 1. The SMILES string of the molecule is C=CCn1c(=O)c2cnc(Nc3ccc4c(c3)CNCC4)nc2n1-c1ncc(C(C)(C)C)o1. The average Bonchev–Trinajstić information content (AvgIpc) is 3.38. The molecule has 1 aromatic carbocycles. The fourth-order valence-corrected chi connectivity index (χ4v) is 3.97. The van der Waals surface area contributed by atoms with E-state index in [0.29, 0.717) is 22.7 Å². The number of hydrogen-bond donors (Lipinski definition) is 2. The van der Waals surface area contributed by atoms with Crippen molar-refractivity contribution < 1.29 is 4.42 Å². The molecule has 2 N–H and O–H groups in total.